The third kappa shape index (κ3) is 6.25. The van der Waals surface area contributed by atoms with Crippen molar-refractivity contribution in [2.24, 2.45) is 0 Å². The van der Waals surface area contributed by atoms with Gasteiger partial charge in [0.2, 0.25) is 0 Å². The zero-order chi connectivity index (χ0) is 49.0. The molecule has 0 amide bonds. The van der Waals surface area contributed by atoms with Gasteiger partial charge in [-0.15, -0.1) is 22.7 Å². The number of thiophene rings is 2. The molecule has 0 fully saturated rings. The maximum atomic E-state index is 10.5. The van der Waals surface area contributed by atoms with Crippen molar-refractivity contribution in [2.45, 2.75) is 0 Å². The van der Waals surface area contributed by atoms with Crippen LogP contribution in [0.5, 0.6) is 0 Å². The van der Waals surface area contributed by atoms with Gasteiger partial charge in [-0.3, -0.25) is 0 Å². The molecule has 7 nitrogen and oxygen atoms in total. The third-order valence-electron chi connectivity index (χ3n) is 14.5. The Morgan fingerprint density at radius 2 is 0.851 bits per heavy atom. The minimum atomic E-state index is 0.460. The van der Waals surface area contributed by atoms with E-state index in [1.165, 1.54) is 45.7 Å². The van der Waals surface area contributed by atoms with Gasteiger partial charge < -0.3 is 9.13 Å². The number of benzene rings is 10. The fourth-order valence-corrected chi connectivity index (χ4v) is 13.7. The minimum absolute atomic E-state index is 0.460. The second-order valence-corrected chi connectivity index (χ2v) is 20.6. The van der Waals surface area contributed by atoms with E-state index in [0.717, 1.165) is 77.4 Å². The lowest BCUT2D eigenvalue weighted by atomic mass is 9.97. The Kier molecular flexibility index (Phi) is 9.29. The molecule has 0 N–H and O–H groups in total. The first-order valence-corrected chi connectivity index (χ1v) is 25.9. The van der Waals surface area contributed by atoms with Gasteiger partial charge in [0.1, 0.15) is 0 Å². The lowest BCUT2D eigenvalue weighted by Gasteiger charge is -2.18. The molecule has 0 bridgehead atoms. The van der Waals surface area contributed by atoms with Crippen LogP contribution in [0, 0.1) is 22.7 Å². The van der Waals surface area contributed by atoms with E-state index < -0.39 is 0 Å². The molecule has 5 heterocycles. The molecule has 15 rings (SSSR count). The van der Waals surface area contributed by atoms with Crippen molar-refractivity contribution in [3.05, 3.63) is 223 Å². The van der Waals surface area contributed by atoms with Crippen molar-refractivity contribution in [1.82, 2.24) is 24.1 Å². The molecule has 0 saturated heterocycles. The van der Waals surface area contributed by atoms with Crippen LogP contribution in [0.1, 0.15) is 11.1 Å². The number of fused-ring (bicyclic) bond motifs is 14. The molecule has 0 saturated carbocycles. The van der Waals surface area contributed by atoms with E-state index in [9.17, 15) is 10.5 Å². The van der Waals surface area contributed by atoms with Crippen molar-refractivity contribution in [2.75, 3.05) is 0 Å². The molecule has 0 aliphatic heterocycles. The fraction of sp³-hybridized carbons (Fsp3) is 0. The molecule has 0 atom stereocenters. The molecule has 0 unspecified atom stereocenters. The van der Waals surface area contributed by atoms with Crippen LogP contribution in [0.25, 0.3) is 141 Å². The van der Waals surface area contributed by atoms with Crippen LogP contribution in [0.15, 0.2) is 212 Å². The van der Waals surface area contributed by atoms with E-state index >= 15 is 0 Å². The number of nitrogens with zero attached hydrogens (tertiary/aromatic N) is 7. The normalized spacial score (nSPS) is 11.8. The first-order chi connectivity index (χ1) is 36.6. The van der Waals surface area contributed by atoms with Crippen molar-refractivity contribution in [3.63, 3.8) is 0 Å². The summed E-state index contributed by atoms with van der Waals surface area (Å²) in [5.41, 5.74) is 10.9. The molecule has 342 valence electrons. The highest BCUT2D eigenvalue weighted by Crippen LogP contribution is 2.47. The summed E-state index contributed by atoms with van der Waals surface area (Å²) in [4.78, 5) is 16.3. The quantitative estimate of drug-likeness (QED) is 0.165. The Balaban J connectivity index is 1.03. The fourth-order valence-electron chi connectivity index (χ4n) is 11.2. The predicted octanol–water partition coefficient (Wildman–Crippen LogP) is 17.2. The highest BCUT2D eigenvalue weighted by molar-refractivity contribution is 7.27. The Morgan fingerprint density at radius 3 is 1.45 bits per heavy atom. The van der Waals surface area contributed by atoms with E-state index in [1.807, 2.05) is 95.5 Å². The highest BCUT2D eigenvalue weighted by atomic mass is 32.1. The van der Waals surface area contributed by atoms with E-state index in [4.69, 9.17) is 15.0 Å². The molecule has 0 spiro atoms. The Labute approximate surface area is 431 Å². The molecule has 0 radical (unpaired) electrons. The molecule has 0 aliphatic rings. The summed E-state index contributed by atoms with van der Waals surface area (Å²) in [6.07, 6.45) is 0. The Morgan fingerprint density at radius 1 is 0.351 bits per heavy atom. The molecule has 9 heteroatoms. The van der Waals surface area contributed by atoms with Crippen molar-refractivity contribution < 1.29 is 0 Å². The highest BCUT2D eigenvalue weighted by Gasteiger charge is 2.25. The molecule has 15 aromatic rings. The summed E-state index contributed by atoms with van der Waals surface area (Å²) in [7, 11) is 0. The smallest absolute Gasteiger partial charge is 0.166 e. The Hall–Kier alpha value is -9.77. The maximum Gasteiger partial charge on any atom is 0.166 e. The second kappa shape index (κ2) is 16.4. The third-order valence-corrected chi connectivity index (χ3v) is 16.9. The van der Waals surface area contributed by atoms with Gasteiger partial charge in [0.15, 0.2) is 17.5 Å². The minimum Gasteiger partial charge on any atom is -0.308 e. The lowest BCUT2D eigenvalue weighted by molar-refractivity contribution is 1.06. The number of hydrogen-bond acceptors (Lipinski definition) is 7. The number of nitriles is 2. The molecule has 5 aromatic heterocycles. The zero-order valence-electron chi connectivity index (χ0n) is 39.2. The molecule has 0 aliphatic carbocycles. The van der Waals surface area contributed by atoms with Crippen molar-refractivity contribution in [1.29, 1.82) is 10.5 Å². The van der Waals surface area contributed by atoms with Crippen LogP contribution in [0.3, 0.4) is 0 Å². The van der Waals surface area contributed by atoms with Gasteiger partial charge in [0.25, 0.3) is 0 Å². The van der Waals surface area contributed by atoms with Gasteiger partial charge in [-0.25, -0.2) is 15.0 Å². The molecule has 10 aromatic carbocycles. The van der Waals surface area contributed by atoms with Gasteiger partial charge in [-0.2, -0.15) is 10.5 Å². The van der Waals surface area contributed by atoms with Crippen LogP contribution >= 0.6 is 22.7 Å². The average molecular weight is 978 g/mol. The van der Waals surface area contributed by atoms with Crippen molar-refractivity contribution in [3.8, 4) is 68.8 Å². The van der Waals surface area contributed by atoms with Crippen LogP contribution in [-0.4, -0.2) is 24.1 Å². The lowest BCUT2D eigenvalue weighted by Crippen LogP contribution is -2.06. The van der Waals surface area contributed by atoms with E-state index in [1.54, 1.807) is 0 Å². The summed E-state index contributed by atoms with van der Waals surface area (Å²) in [6, 6.07) is 78.1. The predicted molar refractivity (Wildman–Crippen MR) is 305 cm³/mol. The summed E-state index contributed by atoms with van der Waals surface area (Å²) < 4.78 is 9.54. The molecular formula is C65H35N7S2. The van der Waals surface area contributed by atoms with Crippen LogP contribution < -0.4 is 0 Å². The number of rotatable bonds is 6. The van der Waals surface area contributed by atoms with Gasteiger partial charge in [-0.05, 0) is 83.9 Å². The average Bonchev–Trinajstić information content (AvgIpc) is 4.23. The second-order valence-electron chi connectivity index (χ2n) is 18.5. The van der Waals surface area contributed by atoms with Crippen LogP contribution in [0.4, 0.5) is 0 Å². The first-order valence-electron chi connectivity index (χ1n) is 24.3. The first kappa shape index (κ1) is 42.0. The largest absolute Gasteiger partial charge is 0.308 e. The van der Waals surface area contributed by atoms with Gasteiger partial charge in [-0.1, -0.05) is 140 Å². The maximum absolute atomic E-state index is 10.5. The molecular weight excluding hydrogens is 943 g/mol. The molecule has 74 heavy (non-hydrogen) atoms. The monoisotopic (exact) mass is 977 g/mol. The summed E-state index contributed by atoms with van der Waals surface area (Å²) >= 11 is 3.63. The van der Waals surface area contributed by atoms with Crippen molar-refractivity contribution >= 4 is 107 Å². The van der Waals surface area contributed by atoms with E-state index in [2.05, 4.69) is 161 Å². The van der Waals surface area contributed by atoms with Gasteiger partial charge >= 0.3 is 0 Å². The standard InChI is InChI=1S/C65H35N7S2/c66-36-38-26-28-49(55(34-38)71-51-22-10-6-20-47(51)59-53(71)32-30-45-43-18-8-12-24-57(43)73-61(45)59)64-68-63(39-14-2-1-3-15-39)69-65(70-64)50-29-27-40(42-17-5-4-16-41(42)37-67)35-56(50)72-52-23-11-7-21-48(52)60-54(72)33-31-46-44-19-9-13-25-58(44)74-62(46)60/h1-35H. The Bertz CT molecular complexity index is 4950. The summed E-state index contributed by atoms with van der Waals surface area (Å²) in [6.45, 7) is 0. The zero-order valence-corrected chi connectivity index (χ0v) is 40.8. The van der Waals surface area contributed by atoms with Gasteiger partial charge in [0, 0.05) is 78.6 Å². The van der Waals surface area contributed by atoms with Crippen LogP contribution in [-0.2, 0) is 0 Å². The topological polar surface area (TPSA) is 96.1 Å². The van der Waals surface area contributed by atoms with E-state index in [0.29, 0.717) is 28.6 Å². The SMILES string of the molecule is N#Cc1ccc(-c2nc(-c3ccccc3)nc(-c3ccc(-c4ccccc4C#N)cc3-n3c4ccccc4c4c5sc6ccccc6c5ccc43)n2)c(-n2c3ccccc3c3c4sc5ccccc5c4ccc32)c1. The number of aromatic nitrogens is 5. The number of para-hydroxylation sites is 2. The van der Waals surface area contributed by atoms with Gasteiger partial charge in [0.05, 0.1) is 56.7 Å². The summed E-state index contributed by atoms with van der Waals surface area (Å²) in [5, 5.41) is 30.5. The van der Waals surface area contributed by atoms with Crippen LogP contribution in [0.2, 0.25) is 0 Å². The number of hydrogen-bond donors (Lipinski definition) is 0. The van der Waals surface area contributed by atoms with E-state index in [-0.39, 0.29) is 0 Å². The summed E-state index contributed by atoms with van der Waals surface area (Å²) in [5.74, 6) is 1.44.